The van der Waals surface area contributed by atoms with Gasteiger partial charge in [-0.25, -0.2) is 0 Å². The summed E-state index contributed by atoms with van der Waals surface area (Å²) < 4.78 is 0. The Morgan fingerprint density at radius 2 is 1.89 bits per heavy atom. The van der Waals surface area contributed by atoms with E-state index in [2.05, 4.69) is 29.6 Å². The second-order valence-corrected chi connectivity index (χ2v) is 5.28. The second kappa shape index (κ2) is 5.03. The molecule has 1 aromatic carbocycles. The summed E-state index contributed by atoms with van der Waals surface area (Å²) in [6.45, 7) is 0.703. The first-order chi connectivity index (χ1) is 9.24. The number of carbonyl (C=O) groups is 2. The van der Waals surface area contributed by atoms with Crippen LogP contribution in [-0.4, -0.2) is 35.8 Å². The van der Waals surface area contributed by atoms with Crippen molar-refractivity contribution in [2.45, 2.75) is 31.7 Å². The van der Waals surface area contributed by atoms with E-state index < -0.39 is 0 Å². The van der Waals surface area contributed by atoms with Gasteiger partial charge in [-0.05, 0) is 30.4 Å². The standard InChI is InChI=1S/C15H18N2O2/c18-14-7-8-17(15(19)10-16-14)13-6-5-11-3-1-2-4-12(11)9-13/h1-4,13H,5-10H2,(H,16,18). The van der Waals surface area contributed by atoms with Gasteiger partial charge in [0.15, 0.2) is 0 Å². The van der Waals surface area contributed by atoms with E-state index in [4.69, 9.17) is 0 Å². The smallest absolute Gasteiger partial charge is 0.242 e. The lowest BCUT2D eigenvalue weighted by atomic mass is 9.87. The molecule has 1 fully saturated rings. The van der Waals surface area contributed by atoms with Crippen molar-refractivity contribution in [3.8, 4) is 0 Å². The van der Waals surface area contributed by atoms with Gasteiger partial charge in [0.2, 0.25) is 11.8 Å². The van der Waals surface area contributed by atoms with Crippen molar-refractivity contribution in [3.05, 3.63) is 35.4 Å². The Morgan fingerprint density at radius 1 is 1.11 bits per heavy atom. The summed E-state index contributed by atoms with van der Waals surface area (Å²) >= 11 is 0. The summed E-state index contributed by atoms with van der Waals surface area (Å²) in [5.41, 5.74) is 2.74. The average molecular weight is 258 g/mol. The van der Waals surface area contributed by atoms with Crippen LogP contribution in [0.4, 0.5) is 0 Å². The van der Waals surface area contributed by atoms with Crippen molar-refractivity contribution in [2.24, 2.45) is 0 Å². The molecular weight excluding hydrogens is 240 g/mol. The topological polar surface area (TPSA) is 49.4 Å². The molecule has 4 heteroatoms. The fourth-order valence-electron chi connectivity index (χ4n) is 3.04. The van der Waals surface area contributed by atoms with Crippen molar-refractivity contribution >= 4 is 11.8 Å². The molecule has 19 heavy (non-hydrogen) atoms. The maximum Gasteiger partial charge on any atom is 0.242 e. The largest absolute Gasteiger partial charge is 0.347 e. The zero-order valence-corrected chi connectivity index (χ0v) is 10.9. The number of benzene rings is 1. The Labute approximate surface area is 112 Å². The average Bonchev–Trinajstić information content (AvgIpc) is 2.61. The molecule has 1 aromatic rings. The fraction of sp³-hybridized carbons (Fsp3) is 0.467. The summed E-state index contributed by atoms with van der Waals surface area (Å²) in [7, 11) is 0. The predicted octanol–water partition coefficient (Wildman–Crippen LogP) is 0.892. The summed E-state index contributed by atoms with van der Waals surface area (Å²) in [6, 6.07) is 8.68. The van der Waals surface area contributed by atoms with Crippen LogP contribution in [0, 0.1) is 0 Å². The second-order valence-electron chi connectivity index (χ2n) is 5.28. The van der Waals surface area contributed by atoms with E-state index >= 15 is 0 Å². The number of fused-ring (bicyclic) bond motifs is 1. The van der Waals surface area contributed by atoms with E-state index in [-0.39, 0.29) is 24.4 Å². The van der Waals surface area contributed by atoms with E-state index in [0.29, 0.717) is 13.0 Å². The SMILES string of the molecule is O=C1CCN(C2CCc3ccccc3C2)C(=O)CN1. The molecule has 0 saturated carbocycles. The summed E-state index contributed by atoms with van der Waals surface area (Å²) in [5.74, 6) is 0.0299. The summed E-state index contributed by atoms with van der Waals surface area (Å²) in [4.78, 5) is 25.3. The maximum atomic E-state index is 12.1. The minimum Gasteiger partial charge on any atom is -0.347 e. The first kappa shape index (κ1) is 12.2. The highest BCUT2D eigenvalue weighted by Gasteiger charge is 2.29. The van der Waals surface area contributed by atoms with Gasteiger partial charge in [0.05, 0.1) is 6.54 Å². The molecule has 1 unspecified atom stereocenters. The van der Waals surface area contributed by atoms with Crippen molar-refractivity contribution < 1.29 is 9.59 Å². The van der Waals surface area contributed by atoms with Crippen molar-refractivity contribution in [2.75, 3.05) is 13.1 Å². The maximum absolute atomic E-state index is 12.1. The molecule has 2 aliphatic rings. The van der Waals surface area contributed by atoms with Gasteiger partial charge in [-0.15, -0.1) is 0 Å². The molecule has 3 rings (SSSR count). The van der Waals surface area contributed by atoms with Crippen LogP contribution in [0.3, 0.4) is 0 Å². The lowest BCUT2D eigenvalue weighted by Gasteiger charge is -2.34. The highest BCUT2D eigenvalue weighted by molar-refractivity contribution is 5.87. The van der Waals surface area contributed by atoms with E-state index in [1.165, 1.54) is 11.1 Å². The minimum atomic E-state index is -0.0212. The third kappa shape index (κ3) is 2.48. The lowest BCUT2D eigenvalue weighted by Crippen LogP contribution is -2.45. The molecule has 100 valence electrons. The van der Waals surface area contributed by atoms with E-state index in [0.717, 1.165) is 19.3 Å². The molecule has 0 radical (unpaired) electrons. The molecule has 4 nitrogen and oxygen atoms in total. The number of nitrogens with one attached hydrogen (secondary N) is 1. The zero-order chi connectivity index (χ0) is 13.2. The molecule has 0 bridgehead atoms. The van der Waals surface area contributed by atoms with Crippen LogP contribution in [-0.2, 0) is 22.4 Å². The number of amides is 2. The van der Waals surface area contributed by atoms with E-state index in [1.54, 1.807) is 0 Å². The van der Waals surface area contributed by atoms with Gasteiger partial charge in [-0.3, -0.25) is 9.59 Å². The van der Waals surface area contributed by atoms with Gasteiger partial charge in [0.1, 0.15) is 0 Å². The van der Waals surface area contributed by atoms with Crippen LogP contribution in [0.5, 0.6) is 0 Å². The number of aryl methyl sites for hydroxylation is 1. The molecule has 1 heterocycles. The molecule has 0 spiro atoms. The van der Waals surface area contributed by atoms with Crippen LogP contribution in [0.25, 0.3) is 0 Å². The molecule has 1 aliphatic carbocycles. The lowest BCUT2D eigenvalue weighted by molar-refractivity contribution is -0.132. The molecule has 1 atom stereocenters. The number of nitrogens with zero attached hydrogens (tertiary/aromatic N) is 1. The normalized spacial score (nSPS) is 23.6. The fourth-order valence-corrected chi connectivity index (χ4v) is 3.04. The van der Waals surface area contributed by atoms with Gasteiger partial charge in [-0.2, -0.15) is 0 Å². The monoisotopic (exact) mass is 258 g/mol. The van der Waals surface area contributed by atoms with Gasteiger partial charge >= 0.3 is 0 Å². The minimum absolute atomic E-state index is 0.0212. The first-order valence-electron chi connectivity index (χ1n) is 6.87. The van der Waals surface area contributed by atoms with Crippen LogP contribution >= 0.6 is 0 Å². The molecule has 0 aromatic heterocycles. The third-order valence-corrected chi connectivity index (χ3v) is 4.10. The number of hydrogen-bond donors (Lipinski definition) is 1. The van der Waals surface area contributed by atoms with Crippen molar-refractivity contribution in [1.82, 2.24) is 10.2 Å². The number of carbonyl (C=O) groups excluding carboxylic acids is 2. The summed E-state index contributed by atoms with van der Waals surface area (Å²) in [5, 5.41) is 2.65. The Morgan fingerprint density at radius 3 is 2.74 bits per heavy atom. The first-order valence-corrected chi connectivity index (χ1v) is 6.87. The van der Waals surface area contributed by atoms with Gasteiger partial charge in [0.25, 0.3) is 0 Å². The van der Waals surface area contributed by atoms with E-state index in [9.17, 15) is 9.59 Å². The Bertz CT molecular complexity index is 513. The number of hydrogen-bond acceptors (Lipinski definition) is 2. The van der Waals surface area contributed by atoms with Gasteiger partial charge in [0, 0.05) is 19.0 Å². The molecule has 2 amide bonds. The van der Waals surface area contributed by atoms with Crippen molar-refractivity contribution in [3.63, 3.8) is 0 Å². The predicted molar refractivity (Wildman–Crippen MR) is 71.6 cm³/mol. The molecule has 1 saturated heterocycles. The zero-order valence-electron chi connectivity index (χ0n) is 10.9. The highest BCUT2D eigenvalue weighted by Crippen LogP contribution is 2.25. The van der Waals surface area contributed by atoms with Crippen molar-refractivity contribution in [1.29, 1.82) is 0 Å². The molecule has 1 N–H and O–H groups in total. The van der Waals surface area contributed by atoms with Gasteiger partial charge in [-0.1, -0.05) is 24.3 Å². The van der Waals surface area contributed by atoms with Crippen LogP contribution in [0.1, 0.15) is 24.0 Å². The quantitative estimate of drug-likeness (QED) is 0.813. The molecule has 1 aliphatic heterocycles. The third-order valence-electron chi connectivity index (χ3n) is 4.10. The van der Waals surface area contributed by atoms with E-state index in [1.807, 2.05) is 4.90 Å². The number of rotatable bonds is 1. The van der Waals surface area contributed by atoms with Gasteiger partial charge < -0.3 is 10.2 Å². The Balaban J connectivity index is 1.76. The van der Waals surface area contributed by atoms with Crippen LogP contribution < -0.4 is 5.32 Å². The highest BCUT2D eigenvalue weighted by atomic mass is 16.2. The molecular formula is C15H18N2O2. The van der Waals surface area contributed by atoms with Crippen LogP contribution in [0.15, 0.2) is 24.3 Å². The summed E-state index contributed by atoms with van der Waals surface area (Å²) in [6.07, 6.45) is 3.35. The van der Waals surface area contributed by atoms with Crippen LogP contribution in [0.2, 0.25) is 0 Å². The Kier molecular flexibility index (Phi) is 3.23. The Hall–Kier alpha value is -1.84.